The van der Waals surface area contributed by atoms with Crippen LogP contribution in [0.2, 0.25) is 0 Å². The van der Waals surface area contributed by atoms with Crippen LogP contribution in [0.15, 0.2) is 66.9 Å². The van der Waals surface area contributed by atoms with Crippen molar-refractivity contribution < 1.29 is 23.9 Å². The highest BCUT2D eigenvalue weighted by Crippen LogP contribution is 2.21. The third-order valence-electron chi connectivity index (χ3n) is 7.38. The lowest BCUT2D eigenvalue weighted by Gasteiger charge is -2.21. The topological polar surface area (TPSA) is 152 Å². The van der Waals surface area contributed by atoms with Gasteiger partial charge in [-0.05, 0) is 74.9 Å². The zero-order chi connectivity index (χ0) is 33.8. The first-order chi connectivity index (χ1) is 22.7. The Morgan fingerprint density at radius 3 is 2.47 bits per heavy atom. The fourth-order valence-corrected chi connectivity index (χ4v) is 4.90. The molecule has 2 aromatic heterocycles. The number of aryl methyl sites for hydroxylation is 1. The van der Waals surface area contributed by atoms with Crippen LogP contribution in [-0.2, 0) is 27.9 Å². The Hall–Kier alpha value is -5.26. The highest BCUT2D eigenvalue weighted by Gasteiger charge is 2.22. The van der Waals surface area contributed by atoms with Gasteiger partial charge in [0.1, 0.15) is 17.5 Å². The van der Waals surface area contributed by atoms with E-state index in [4.69, 9.17) is 19.9 Å². The van der Waals surface area contributed by atoms with Crippen molar-refractivity contribution in [1.82, 2.24) is 19.9 Å². The molecule has 4 aromatic rings. The molecule has 0 aliphatic heterocycles. The lowest BCUT2D eigenvalue weighted by Crippen LogP contribution is -2.34. The summed E-state index contributed by atoms with van der Waals surface area (Å²) in [5, 5.41) is 14.0. The molecule has 0 saturated carbocycles. The van der Waals surface area contributed by atoms with Gasteiger partial charge in [0.05, 0.1) is 36.7 Å². The van der Waals surface area contributed by atoms with Crippen molar-refractivity contribution in [2.24, 2.45) is 7.05 Å². The maximum absolute atomic E-state index is 13.7. The van der Waals surface area contributed by atoms with Gasteiger partial charge in [0.25, 0.3) is 5.91 Å². The average Bonchev–Trinajstić information content (AvgIpc) is 3.38. The smallest absolute Gasteiger partial charge is 0.412 e. The average molecular weight is 642 g/mol. The largest absolute Gasteiger partial charge is 0.463 e. The number of nitrogens with one attached hydrogen (secondary N) is 3. The second kappa shape index (κ2) is 16.9. The number of hydrogen-bond acceptors (Lipinski definition) is 9. The quantitative estimate of drug-likeness (QED) is 0.0601. The summed E-state index contributed by atoms with van der Waals surface area (Å²) >= 11 is 0. The molecule has 0 aliphatic carbocycles. The van der Waals surface area contributed by atoms with E-state index in [0.717, 1.165) is 42.7 Å². The van der Waals surface area contributed by atoms with Crippen molar-refractivity contribution in [3.05, 3.63) is 83.8 Å². The summed E-state index contributed by atoms with van der Waals surface area (Å²) in [7, 11) is 1.91. The predicted octanol–water partition coefficient (Wildman–Crippen LogP) is 6.20. The lowest BCUT2D eigenvalue weighted by atomic mass is 10.1. The number of alkyl carbamates (subject to hydrolysis) is 1. The van der Waals surface area contributed by atoms with Gasteiger partial charge in [0, 0.05) is 36.6 Å². The number of carbonyl (C=O) groups is 3. The van der Waals surface area contributed by atoms with Crippen LogP contribution in [0.4, 0.5) is 16.3 Å². The van der Waals surface area contributed by atoms with E-state index in [-0.39, 0.29) is 36.8 Å². The predicted molar refractivity (Wildman–Crippen MR) is 182 cm³/mol. The van der Waals surface area contributed by atoms with E-state index < -0.39 is 6.09 Å². The lowest BCUT2D eigenvalue weighted by molar-refractivity contribution is -0.147. The Morgan fingerprint density at radius 1 is 1.00 bits per heavy atom. The van der Waals surface area contributed by atoms with Crippen LogP contribution < -0.4 is 15.5 Å². The molecule has 3 N–H and O–H groups in total. The number of carbonyl (C=O) groups excluding carboxylic acids is 3. The van der Waals surface area contributed by atoms with Crippen LogP contribution >= 0.6 is 0 Å². The van der Waals surface area contributed by atoms with Crippen molar-refractivity contribution in [3.8, 4) is 0 Å². The van der Waals surface area contributed by atoms with Crippen molar-refractivity contribution in [2.45, 2.75) is 65.5 Å². The van der Waals surface area contributed by atoms with Gasteiger partial charge < -0.3 is 19.4 Å². The molecule has 0 atom stereocenters. The highest BCUT2D eigenvalue weighted by atomic mass is 16.5. The first-order valence-corrected chi connectivity index (χ1v) is 15.9. The number of rotatable bonds is 15. The van der Waals surface area contributed by atoms with E-state index in [1.807, 2.05) is 29.8 Å². The molecule has 0 fully saturated rings. The maximum atomic E-state index is 13.7. The first-order valence-electron chi connectivity index (χ1n) is 15.9. The third kappa shape index (κ3) is 9.86. The number of anilines is 2. The zero-order valence-corrected chi connectivity index (χ0v) is 27.4. The monoisotopic (exact) mass is 641 g/mol. The zero-order valence-electron chi connectivity index (χ0n) is 27.4. The van der Waals surface area contributed by atoms with Crippen LogP contribution in [0.1, 0.15) is 74.6 Å². The Labute approximate surface area is 275 Å². The van der Waals surface area contributed by atoms with E-state index in [9.17, 15) is 14.4 Å². The van der Waals surface area contributed by atoms with Gasteiger partial charge in [0.2, 0.25) is 0 Å². The van der Waals surface area contributed by atoms with E-state index in [0.29, 0.717) is 35.6 Å². The van der Waals surface area contributed by atoms with Crippen molar-refractivity contribution in [3.63, 3.8) is 0 Å². The van der Waals surface area contributed by atoms with Gasteiger partial charge in [0.15, 0.2) is 0 Å². The highest BCUT2D eigenvalue weighted by molar-refractivity contribution is 6.07. The molecule has 2 amide bonds. The van der Waals surface area contributed by atoms with Gasteiger partial charge in [-0.1, -0.05) is 32.3 Å². The van der Waals surface area contributed by atoms with E-state index in [1.165, 1.54) is 4.90 Å². The Morgan fingerprint density at radius 2 is 1.77 bits per heavy atom. The SMILES string of the molecule is CCCCCCOC(=O)NC(=N)c1ccc(NCc2nc3cc(C(=O)N(CCC(=O)OC(C)C)c4ccccn4)ccc3n2C)cc1. The van der Waals surface area contributed by atoms with Gasteiger partial charge in [-0.2, -0.15) is 0 Å². The second-order valence-corrected chi connectivity index (χ2v) is 11.4. The Balaban J connectivity index is 1.38. The number of imidazole rings is 1. The summed E-state index contributed by atoms with van der Waals surface area (Å²) in [6.45, 7) is 6.55. The van der Waals surface area contributed by atoms with Crippen LogP contribution in [0, 0.1) is 5.41 Å². The number of pyridine rings is 1. The molecule has 0 bridgehead atoms. The van der Waals surface area contributed by atoms with Crippen LogP contribution in [-0.4, -0.2) is 57.6 Å². The minimum absolute atomic E-state index is 0.0342. The molecule has 2 aromatic carbocycles. The van der Waals surface area contributed by atoms with E-state index in [1.54, 1.807) is 62.5 Å². The Kier molecular flexibility index (Phi) is 12.4. The fraction of sp³-hybridized carbons (Fsp3) is 0.371. The van der Waals surface area contributed by atoms with Crippen molar-refractivity contribution in [2.75, 3.05) is 23.4 Å². The standard InChI is InChI=1S/C35H43N7O5/c1-5-6-7-10-21-46-35(45)40-33(36)25-12-15-27(16-13-25)38-23-31-39-28-22-26(14-17-29(28)41(31)4)34(44)42(30-11-8-9-19-37-30)20-18-32(43)47-24(2)3/h8-9,11-17,19,22,24,38H,5-7,10,18,20-21,23H2,1-4H3,(H2,36,40,45). The maximum Gasteiger partial charge on any atom is 0.412 e. The molecule has 0 saturated heterocycles. The summed E-state index contributed by atoms with van der Waals surface area (Å²) in [5.41, 5.74) is 3.29. The number of ether oxygens (including phenoxy) is 2. The number of unbranched alkanes of at least 4 members (excludes halogenated alkanes) is 3. The molecular weight excluding hydrogens is 598 g/mol. The van der Waals surface area contributed by atoms with Gasteiger partial charge in [-0.15, -0.1) is 0 Å². The van der Waals surface area contributed by atoms with E-state index in [2.05, 4.69) is 22.5 Å². The molecule has 4 rings (SSSR count). The summed E-state index contributed by atoms with van der Waals surface area (Å²) in [6.07, 6.45) is 4.80. The van der Waals surface area contributed by atoms with Crippen molar-refractivity contribution in [1.29, 1.82) is 5.41 Å². The number of fused-ring (bicyclic) bond motifs is 1. The fourth-order valence-electron chi connectivity index (χ4n) is 4.90. The van der Waals surface area contributed by atoms with Gasteiger partial charge in [-0.25, -0.2) is 14.8 Å². The number of nitrogens with zero attached hydrogens (tertiary/aromatic N) is 4. The van der Waals surface area contributed by atoms with Crippen LogP contribution in [0.5, 0.6) is 0 Å². The molecule has 0 aliphatic rings. The number of aromatic nitrogens is 3. The summed E-state index contributed by atoms with van der Waals surface area (Å²) < 4.78 is 12.4. The third-order valence-corrected chi connectivity index (χ3v) is 7.38. The molecule has 12 heteroatoms. The molecule has 12 nitrogen and oxygen atoms in total. The minimum Gasteiger partial charge on any atom is -0.463 e. The normalized spacial score (nSPS) is 10.9. The molecule has 0 spiro atoms. The number of esters is 1. The molecular formula is C35H43N7O5. The van der Waals surface area contributed by atoms with Crippen LogP contribution in [0.25, 0.3) is 11.0 Å². The van der Waals surface area contributed by atoms with Gasteiger partial charge >= 0.3 is 12.1 Å². The van der Waals surface area contributed by atoms with Crippen LogP contribution in [0.3, 0.4) is 0 Å². The molecule has 47 heavy (non-hydrogen) atoms. The number of amidine groups is 1. The number of benzene rings is 2. The molecule has 2 heterocycles. The summed E-state index contributed by atoms with van der Waals surface area (Å²) in [5.74, 6) is 0.476. The second-order valence-electron chi connectivity index (χ2n) is 11.4. The van der Waals surface area contributed by atoms with E-state index >= 15 is 0 Å². The Bertz CT molecular complexity index is 1670. The summed E-state index contributed by atoms with van der Waals surface area (Å²) in [4.78, 5) is 48.5. The molecule has 0 unspecified atom stereocenters. The summed E-state index contributed by atoms with van der Waals surface area (Å²) in [6, 6.07) is 17.8. The number of amides is 2. The molecule has 248 valence electrons. The molecule has 0 radical (unpaired) electrons. The van der Waals surface area contributed by atoms with Crippen molar-refractivity contribution >= 4 is 46.3 Å². The van der Waals surface area contributed by atoms with Gasteiger partial charge in [-0.3, -0.25) is 25.2 Å². The minimum atomic E-state index is -0.629. The number of hydrogen-bond donors (Lipinski definition) is 3. The first kappa shape index (κ1) is 34.6.